The van der Waals surface area contributed by atoms with Crippen molar-refractivity contribution in [1.82, 2.24) is 4.90 Å². The number of carboxylic acid groups (broad SMARTS) is 2. The predicted molar refractivity (Wildman–Crippen MR) is 93.2 cm³/mol. The number of nitro groups is 1. The number of hydrogen-bond acceptors (Lipinski definition) is 6. The van der Waals surface area contributed by atoms with Crippen LogP contribution in [0.2, 0.25) is 0 Å². The molecule has 1 aliphatic heterocycles. The molecular weight excluding hydrogens is 344 g/mol. The summed E-state index contributed by atoms with van der Waals surface area (Å²) in [7, 11) is 0. The number of rotatable bonds is 5. The van der Waals surface area contributed by atoms with Crippen molar-refractivity contribution in [3.05, 3.63) is 34.4 Å². The van der Waals surface area contributed by atoms with E-state index >= 15 is 0 Å². The van der Waals surface area contributed by atoms with Crippen molar-refractivity contribution >= 4 is 17.6 Å². The van der Waals surface area contributed by atoms with E-state index in [1.165, 1.54) is 18.6 Å². The Labute approximate surface area is 151 Å². The number of nitrogens with zero attached hydrogens (tertiary/aromatic N) is 2. The van der Waals surface area contributed by atoms with Crippen LogP contribution in [-0.2, 0) is 9.59 Å². The minimum Gasteiger partial charge on any atom is -0.492 e. The van der Waals surface area contributed by atoms with Crippen molar-refractivity contribution in [2.45, 2.75) is 20.3 Å². The van der Waals surface area contributed by atoms with Crippen molar-refractivity contribution in [3.8, 4) is 5.75 Å². The summed E-state index contributed by atoms with van der Waals surface area (Å²) in [4.78, 5) is 30.8. The van der Waals surface area contributed by atoms with Crippen LogP contribution in [0.15, 0.2) is 24.3 Å². The molecule has 2 rings (SSSR count). The van der Waals surface area contributed by atoms with Gasteiger partial charge in [0, 0.05) is 31.8 Å². The predicted octanol–water partition coefficient (Wildman–Crippen LogP) is 2.11. The first-order chi connectivity index (χ1) is 12.2. The van der Waals surface area contributed by atoms with Gasteiger partial charge in [0.15, 0.2) is 0 Å². The van der Waals surface area contributed by atoms with E-state index in [0.717, 1.165) is 31.5 Å². The van der Waals surface area contributed by atoms with Crippen LogP contribution in [0.4, 0.5) is 5.69 Å². The van der Waals surface area contributed by atoms with Crippen LogP contribution in [0.5, 0.6) is 5.75 Å². The number of non-ortho nitro benzene ring substituents is 1. The van der Waals surface area contributed by atoms with Gasteiger partial charge in [-0.05, 0) is 30.4 Å². The summed E-state index contributed by atoms with van der Waals surface area (Å²) >= 11 is 0. The fourth-order valence-electron chi connectivity index (χ4n) is 2.93. The molecule has 26 heavy (non-hydrogen) atoms. The zero-order chi connectivity index (χ0) is 19.7. The molecule has 0 aliphatic carbocycles. The lowest BCUT2D eigenvalue weighted by Crippen LogP contribution is -2.40. The van der Waals surface area contributed by atoms with Crippen LogP contribution in [-0.4, -0.2) is 58.2 Å². The molecule has 1 heterocycles. The minimum absolute atomic E-state index is 0.0935. The van der Waals surface area contributed by atoms with Crippen LogP contribution in [0.25, 0.3) is 0 Å². The molecule has 0 saturated carbocycles. The van der Waals surface area contributed by atoms with Gasteiger partial charge in [0.2, 0.25) is 0 Å². The Morgan fingerprint density at radius 3 is 2.08 bits per heavy atom. The third-order valence-electron chi connectivity index (χ3n) is 3.85. The number of carboxylic acids is 2. The fourth-order valence-corrected chi connectivity index (χ4v) is 2.93. The second kappa shape index (κ2) is 10.3. The smallest absolute Gasteiger partial charge is 0.414 e. The van der Waals surface area contributed by atoms with Gasteiger partial charge in [0.1, 0.15) is 12.4 Å². The number of piperidine rings is 1. The lowest BCUT2D eigenvalue weighted by molar-refractivity contribution is -0.384. The molecule has 1 aliphatic rings. The van der Waals surface area contributed by atoms with E-state index in [1.54, 1.807) is 12.1 Å². The summed E-state index contributed by atoms with van der Waals surface area (Å²) < 4.78 is 5.65. The largest absolute Gasteiger partial charge is 0.492 e. The SMILES string of the molecule is CC1CC(C)CN(CCOc2ccc([N+](=O)[O-])cc2)C1.O=C(O)C(=O)O. The zero-order valence-electron chi connectivity index (χ0n) is 14.8. The lowest BCUT2D eigenvalue weighted by atomic mass is 9.92. The van der Waals surface area contributed by atoms with Gasteiger partial charge in [-0.2, -0.15) is 0 Å². The Kier molecular flexibility index (Phi) is 8.50. The van der Waals surface area contributed by atoms with Crippen molar-refractivity contribution in [1.29, 1.82) is 0 Å². The van der Waals surface area contributed by atoms with Gasteiger partial charge in [-0.1, -0.05) is 13.8 Å². The summed E-state index contributed by atoms with van der Waals surface area (Å²) in [5.74, 6) is -1.46. The van der Waals surface area contributed by atoms with Gasteiger partial charge in [0.25, 0.3) is 5.69 Å². The van der Waals surface area contributed by atoms with Crippen molar-refractivity contribution < 1.29 is 29.5 Å². The van der Waals surface area contributed by atoms with Crippen LogP contribution >= 0.6 is 0 Å². The number of aliphatic carboxylic acids is 2. The van der Waals surface area contributed by atoms with E-state index < -0.39 is 16.9 Å². The fraction of sp³-hybridized carbons (Fsp3) is 0.529. The number of carbonyl (C=O) groups is 2. The van der Waals surface area contributed by atoms with E-state index in [-0.39, 0.29) is 5.69 Å². The summed E-state index contributed by atoms with van der Waals surface area (Å²) in [6.07, 6.45) is 1.31. The highest BCUT2D eigenvalue weighted by atomic mass is 16.6. The monoisotopic (exact) mass is 368 g/mol. The molecule has 2 unspecified atom stereocenters. The Morgan fingerprint density at radius 2 is 1.65 bits per heavy atom. The van der Waals surface area contributed by atoms with E-state index in [9.17, 15) is 10.1 Å². The summed E-state index contributed by atoms with van der Waals surface area (Å²) in [5.41, 5.74) is 0.0935. The second-order valence-corrected chi connectivity index (χ2v) is 6.42. The number of likely N-dealkylation sites (tertiary alicyclic amines) is 1. The van der Waals surface area contributed by atoms with Gasteiger partial charge in [-0.25, -0.2) is 9.59 Å². The minimum atomic E-state index is -1.82. The highest BCUT2D eigenvalue weighted by Gasteiger charge is 2.21. The molecule has 0 amide bonds. The molecule has 1 aromatic carbocycles. The first-order valence-corrected chi connectivity index (χ1v) is 8.24. The summed E-state index contributed by atoms with van der Waals surface area (Å²) in [6.45, 7) is 8.38. The van der Waals surface area contributed by atoms with E-state index in [0.29, 0.717) is 12.4 Å². The molecule has 1 aromatic rings. The third-order valence-corrected chi connectivity index (χ3v) is 3.85. The molecule has 1 fully saturated rings. The van der Waals surface area contributed by atoms with E-state index in [4.69, 9.17) is 24.5 Å². The van der Waals surface area contributed by atoms with Crippen molar-refractivity contribution in [2.24, 2.45) is 11.8 Å². The second-order valence-electron chi connectivity index (χ2n) is 6.42. The maximum absolute atomic E-state index is 10.6. The molecule has 1 saturated heterocycles. The average Bonchev–Trinajstić information content (AvgIpc) is 2.55. The van der Waals surface area contributed by atoms with Gasteiger partial charge in [-0.3, -0.25) is 15.0 Å². The first kappa shape index (κ1) is 21.4. The molecule has 9 heteroatoms. The Bertz CT molecular complexity index is 596. The molecular formula is C17H24N2O7. The van der Waals surface area contributed by atoms with Gasteiger partial charge in [-0.15, -0.1) is 0 Å². The molecule has 9 nitrogen and oxygen atoms in total. The topological polar surface area (TPSA) is 130 Å². The summed E-state index contributed by atoms with van der Waals surface area (Å²) in [6, 6.07) is 6.25. The third kappa shape index (κ3) is 7.93. The number of ether oxygens (including phenoxy) is 1. The van der Waals surface area contributed by atoms with Crippen LogP contribution in [0.1, 0.15) is 20.3 Å². The van der Waals surface area contributed by atoms with Crippen LogP contribution in [0, 0.1) is 22.0 Å². The average molecular weight is 368 g/mol. The maximum atomic E-state index is 10.6. The lowest BCUT2D eigenvalue weighted by Gasteiger charge is -2.34. The highest BCUT2D eigenvalue weighted by molar-refractivity contribution is 6.27. The maximum Gasteiger partial charge on any atom is 0.414 e. The molecule has 0 aromatic heterocycles. The van der Waals surface area contributed by atoms with E-state index in [2.05, 4.69) is 18.7 Å². The number of nitro benzene ring substituents is 1. The van der Waals surface area contributed by atoms with E-state index in [1.807, 2.05) is 0 Å². The highest BCUT2D eigenvalue weighted by Crippen LogP contribution is 2.21. The quantitative estimate of drug-likeness (QED) is 0.459. The molecule has 0 spiro atoms. The standard InChI is InChI=1S/C15H22N2O3.C2H2O4/c1-12-9-13(2)11-16(10-12)7-8-20-15-5-3-14(4-6-15)17(18)19;3-1(4)2(5)6/h3-6,12-13H,7-11H2,1-2H3;(H,3,4)(H,5,6). The molecule has 2 N–H and O–H groups in total. The Morgan fingerprint density at radius 1 is 1.15 bits per heavy atom. The molecule has 0 radical (unpaired) electrons. The van der Waals surface area contributed by atoms with Crippen molar-refractivity contribution in [2.75, 3.05) is 26.2 Å². The van der Waals surface area contributed by atoms with Crippen molar-refractivity contribution in [3.63, 3.8) is 0 Å². The summed E-state index contributed by atoms with van der Waals surface area (Å²) in [5, 5.41) is 25.3. The molecule has 144 valence electrons. The van der Waals surface area contributed by atoms with Gasteiger partial charge >= 0.3 is 11.9 Å². The molecule has 0 bridgehead atoms. The number of hydrogen-bond donors (Lipinski definition) is 2. The first-order valence-electron chi connectivity index (χ1n) is 8.24. The van der Waals surface area contributed by atoms with Crippen LogP contribution < -0.4 is 4.74 Å². The van der Waals surface area contributed by atoms with Crippen LogP contribution in [0.3, 0.4) is 0 Å². The normalized spacial score (nSPS) is 19.8. The zero-order valence-corrected chi connectivity index (χ0v) is 14.8. The molecule has 2 atom stereocenters. The Balaban J connectivity index is 0.000000487. The van der Waals surface area contributed by atoms with Gasteiger partial charge < -0.3 is 14.9 Å². The Hall–Kier alpha value is -2.68. The van der Waals surface area contributed by atoms with Gasteiger partial charge in [0.05, 0.1) is 4.92 Å². The number of benzene rings is 1.